The first kappa shape index (κ1) is 23.8. The van der Waals surface area contributed by atoms with Gasteiger partial charge in [-0.1, -0.05) is 12.1 Å². The molecule has 0 saturated carbocycles. The van der Waals surface area contributed by atoms with E-state index in [-0.39, 0.29) is 39.0 Å². The molecule has 0 amide bonds. The van der Waals surface area contributed by atoms with Crippen molar-refractivity contribution < 1.29 is 22.4 Å². The molecule has 4 aromatic rings. The second-order valence-corrected chi connectivity index (χ2v) is 8.30. The van der Waals surface area contributed by atoms with Crippen molar-refractivity contribution in [2.75, 3.05) is 12.0 Å². The van der Waals surface area contributed by atoms with Crippen molar-refractivity contribution in [3.05, 3.63) is 65.7 Å². The van der Waals surface area contributed by atoms with Gasteiger partial charge in [0.1, 0.15) is 16.7 Å². The minimum absolute atomic E-state index is 0.0249. The number of rotatable bonds is 5. The number of anilines is 1. The molecular weight excluding hydrogens is 490 g/mol. The molecule has 0 aliphatic heterocycles. The molecule has 34 heavy (non-hydrogen) atoms. The van der Waals surface area contributed by atoms with Crippen molar-refractivity contribution in [3.63, 3.8) is 0 Å². The Labute approximate surface area is 200 Å². The van der Waals surface area contributed by atoms with Crippen LogP contribution in [0.15, 0.2) is 58.5 Å². The highest BCUT2D eigenvalue weighted by Gasteiger charge is 2.37. The van der Waals surface area contributed by atoms with Crippen LogP contribution in [0.2, 0.25) is 0 Å². The summed E-state index contributed by atoms with van der Waals surface area (Å²) in [6.45, 7) is 0. The summed E-state index contributed by atoms with van der Waals surface area (Å²) >= 11 is 5.43. The molecule has 0 bridgehead atoms. The number of aromatic nitrogens is 4. The van der Waals surface area contributed by atoms with Gasteiger partial charge in [0.05, 0.1) is 16.8 Å². The van der Waals surface area contributed by atoms with E-state index in [0.717, 1.165) is 28.6 Å². The molecule has 2 aromatic carbocycles. The summed E-state index contributed by atoms with van der Waals surface area (Å²) in [7, 11) is 0. The fourth-order valence-corrected chi connectivity index (χ4v) is 4.08. The Balaban J connectivity index is 2.17. The van der Waals surface area contributed by atoms with Crippen LogP contribution in [0.1, 0.15) is 16.2 Å². The number of thioether (sulfide) groups is 1. The van der Waals surface area contributed by atoms with Crippen LogP contribution in [0.3, 0.4) is 0 Å². The maximum absolute atomic E-state index is 13.8. The van der Waals surface area contributed by atoms with E-state index >= 15 is 0 Å². The predicted molar refractivity (Wildman–Crippen MR) is 124 cm³/mol. The zero-order valence-electron chi connectivity index (χ0n) is 17.3. The van der Waals surface area contributed by atoms with Crippen molar-refractivity contribution in [2.24, 2.45) is 0 Å². The molecule has 2 N–H and O–H groups in total. The lowest BCUT2D eigenvalue weighted by atomic mass is 9.99. The SMILES string of the molecule is CSc1nn(-c2nc(C(F)(F)F)nc(-c3ccc(F)cc3)c2-c2cccc(S)c2)c(N)c1C=O. The number of thiol groups is 1. The predicted octanol–water partition coefficient (Wildman–Crippen LogP) is 5.56. The van der Waals surface area contributed by atoms with Crippen LogP contribution in [0.5, 0.6) is 0 Å². The molecule has 12 heteroatoms. The highest BCUT2D eigenvalue weighted by molar-refractivity contribution is 7.98. The summed E-state index contributed by atoms with van der Waals surface area (Å²) in [5.41, 5.74) is 6.80. The molecule has 0 unspecified atom stereocenters. The van der Waals surface area contributed by atoms with E-state index in [4.69, 9.17) is 5.73 Å². The van der Waals surface area contributed by atoms with Gasteiger partial charge in [-0.2, -0.15) is 23.0 Å². The van der Waals surface area contributed by atoms with E-state index in [2.05, 4.69) is 27.7 Å². The zero-order chi connectivity index (χ0) is 24.6. The average molecular weight is 506 g/mol. The number of hydrogen-bond donors (Lipinski definition) is 2. The second-order valence-electron chi connectivity index (χ2n) is 6.99. The Morgan fingerprint density at radius 1 is 1.09 bits per heavy atom. The molecule has 0 spiro atoms. The number of hydrogen-bond acceptors (Lipinski definition) is 7. The largest absolute Gasteiger partial charge is 0.451 e. The van der Waals surface area contributed by atoms with Gasteiger partial charge in [-0.15, -0.1) is 24.4 Å². The number of benzene rings is 2. The molecule has 4 rings (SSSR count). The van der Waals surface area contributed by atoms with Gasteiger partial charge in [-0.25, -0.2) is 14.4 Å². The number of carbonyl (C=O) groups excluding carboxylic acids is 1. The maximum Gasteiger partial charge on any atom is 0.451 e. The first-order valence-corrected chi connectivity index (χ1v) is 11.2. The van der Waals surface area contributed by atoms with Crippen molar-refractivity contribution >= 4 is 36.5 Å². The summed E-state index contributed by atoms with van der Waals surface area (Å²) in [4.78, 5) is 19.7. The number of nitrogens with two attached hydrogens (primary N) is 1. The van der Waals surface area contributed by atoms with E-state index in [1.807, 2.05) is 0 Å². The lowest BCUT2D eigenvalue weighted by Crippen LogP contribution is -2.17. The van der Waals surface area contributed by atoms with Crippen molar-refractivity contribution in [1.82, 2.24) is 19.7 Å². The molecule has 174 valence electrons. The molecule has 2 heterocycles. The molecule has 2 aromatic heterocycles. The Bertz CT molecular complexity index is 1390. The highest BCUT2D eigenvalue weighted by atomic mass is 32.2. The smallest absolute Gasteiger partial charge is 0.383 e. The van der Waals surface area contributed by atoms with Gasteiger partial charge in [-0.05, 0) is 48.2 Å². The van der Waals surface area contributed by atoms with Gasteiger partial charge in [0.15, 0.2) is 12.1 Å². The molecular formula is C22H15F4N5OS2. The summed E-state index contributed by atoms with van der Waals surface area (Å²) in [6.07, 6.45) is -2.79. The first-order chi connectivity index (χ1) is 16.1. The Hall–Kier alpha value is -3.38. The average Bonchev–Trinajstić information content (AvgIpc) is 3.13. The Kier molecular flexibility index (Phi) is 6.36. The van der Waals surface area contributed by atoms with Crippen LogP contribution in [-0.4, -0.2) is 32.3 Å². The number of halogens is 4. The second kappa shape index (κ2) is 9.11. The van der Waals surface area contributed by atoms with Gasteiger partial charge in [0, 0.05) is 10.5 Å². The van der Waals surface area contributed by atoms with E-state index < -0.39 is 17.8 Å². The molecule has 0 aliphatic rings. The van der Waals surface area contributed by atoms with Crippen LogP contribution >= 0.6 is 24.4 Å². The molecule has 0 aliphatic carbocycles. The fourth-order valence-electron chi connectivity index (χ4n) is 3.32. The van der Waals surface area contributed by atoms with Gasteiger partial charge in [-0.3, -0.25) is 4.79 Å². The summed E-state index contributed by atoms with van der Waals surface area (Å²) in [5.74, 6) is -2.48. The highest BCUT2D eigenvalue weighted by Crippen LogP contribution is 2.40. The molecule has 0 saturated heterocycles. The van der Waals surface area contributed by atoms with E-state index in [9.17, 15) is 22.4 Å². The van der Waals surface area contributed by atoms with Crippen molar-refractivity contribution in [2.45, 2.75) is 16.1 Å². The molecule has 0 fully saturated rings. The van der Waals surface area contributed by atoms with Crippen molar-refractivity contribution in [1.29, 1.82) is 0 Å². The Morgan fingerprint density at radius 2 is 1.79 bits per heavy atom. The van der Waals surface area contributed by atoms with Gasteiger partial charge in [0.2, 0.25) is 5.82 Å². The lowest BCUT2D eigenvalue weighted by molar-refractivity contribution is -0.144. The maximum atomic E-state index is 13.8. The monoisotopic (exact) mass is 505 g/mol. The third kappa shape index (κ3) is 4.38. The van der Waals surface area contributed by atoms with Crippen LogP contribution in [0, 0.1) is 5.82 Å². The van der Waals surface area contributed by atoms with Crippen LogP contribution in [0.25, 0.3) is 28.2 Å². The number of carbonyl (C=O) groups is 1. The Morgan fingerprint density at radius 3 is 2.35 bits per heavy atom. The minimum atomic E-state index is -4.91. The standard InChI is InChI=1S/C22H15F4N5OS2/c1-34-20-15(10-32)18(27)31(30-20)19-16(12-3-2-4-14(33)9-12)17(11-5-7-13(23)8-6-11)28-21(29-19)22(24,25)26/h2-10,33H,27H2,1H3. The van der Waals surface area contributed by atoms with Gasteiger partial charge >= 0.3 is 6.18 Å². The van der Waals surface area contributed by atoms with Crippen LogP contribution < -0.4 is 5.73 Å². The molecule has 0 radical (unpaired) electrons. The minimum Gasteiger partial charge on any atom is -0.383 e. The topological polar surface area (TPSA) is 86.7 Å². The van der Waals surface area contributed by atoms with Gasteiger partial charge in [0.25, 0.3) is 0 Å². The quantitative estimate of drug-likeness (QED) is 0.160. The van der Waals surface area contributed by atoms with E-state index in [1.54, 1.807) is 30.5 Å². The van der Waals surface area contributed by atoms with Crippen LogP contribution in [0.4, 0.5) is 23.4 Å². The normalized spacial score (nSPS) is 11.6. The lowest BCUT2D eigenvalue weighted by Gasteiger charge is -2.18. The van der Waals surface area contributed by atoms with Crippen molar-refractivity contribution in [3.8, 4) is 28.2 Å². The molecule has 6 nitrogen and oxygen atoms in total. The molecule has 0 atom stereocenters. The van der Waals surface area contributed by atoms with E-state index in [0.29, 0.717) is 16.7 Å². The first-order valence-electron chi connectivity index (χ1n) is 9.56. The zero-order valence-corrected chi connectivity index (χ0v) is 19.0. The fraction of sp³-hybridized carbons (Fsp3) is 0.0909. The number of alkyl halides is 3. The summed E-state index contributed by atoms with van der Waals surface area (Å²) < 4.78 is 56.1. The number of nitrogen functional groups attached to an aromatic ring is 1. The number of nitrogens with zero attached hydrogens (tertiary/aromatic N) is 4. The van der Waals surface area contributed by atoms with E-state index in [1.165, 1.54) is 12.1 Å². The van der Waals surface area contributed by atoms with Gasteiger partial charge < -0.3 is 5.73 Å². The third-order valence-electron chi connectivity index (χ3n) is 4.83. The number of aldehydes is 1. The third-order valence-corrected chi connectivity index (χ3v) is 5.80. The summed E-state index contributed by atoms with van der Waals surface area (Å²) in [5, 5.41) is 4.46. The van der Waals surface area contributed by atoms with Crippen LogP contribution in [-0.2, 0) is 6.18 Å². The summed E-state index contributed by atoms with van der Waals surface area (Å²) in [6, 6.07) is 11.4.